The highest BCUT2D eigenvalue weighted by atomic mass is 79.9. The highest BCUT2D eigenvalue weighted by Crippen LogP contribution is 2.39. The number of nitrogens with zero attached hydrogens (tertiary/aromatic N) is 1. The van der Waals surface area contributed by atoms with Crippen LogP contribution in [0.5, 0.6) is 5.75 Å². The van der Waals surface area contributed by atoms with Crippen LogP contribution in [0.4, 0.5) is 0 Å². The predicted molar refractivity (Wildman–Crippen MR) is 88.0 cm³/mol. The Hall–Kier alpha value is -1.62. The van der Waals surface area contributed by atoms with Gasteiger partial charge in [-0.3, -0.25) is 4.79 Å². The van der Waals surface area contributed by atoms with E-state index in [4.69, 9.17) is 4.74 Å². The van der Waals surface area contributed by atoms with E-state index in [1.54, 1.807) is 13.2 Å². The molecule has 0 saturated carbocycles. The van der Waals surface area contributed by atoms with Gasteiger partial charge in [0.25, 0.3) is 5.56 Å². The van der Waals surface area contributed by atoms with Gasteiger partial charge in [0.1, 0.15) is 5.75 Å². The molecule has 0 radical (unpaired) electrons. The maximum atomic E-state index is 12.0. The molecule has 2 aromatic rings. The Bertz CT molecular complexity index is 730. The Labute approximate surface area is 132 Å². The van der Waals surface area contributed by atoms with E-state index in [0.717, 1.165) is 27.0 Å². The van der Waals surface area contributed by atoms with Crippen LogP contribution >= 0.6 is 15.9 Å². The predicted octanol–water partition coefficient (Wildman–Crippen LogP) is 3.81. The molecule has 21 heavy (non-hydrogen) atoms. The first-order valence-corrected chi connectivity index (χ1v) is 7.48. The molecule has 1 heterocycles. The third-order valence-corrected chi connectivity index (χ3v) is 3.89. The van der Waals surface area contributed by atoms with Crippen LogP contribution in [-0.2, 0) is 5.41 Å². The second kappa shape index (κ2) is 5.64. The Morgan fingerprint density at radius 3 is 2.48 bits per heavy atom. The van der Waals surface area contributed by atoms with Crippen molar-refractivity contribution in [3.05, 3.63) is 44.3 Å². The molecule has 0 aliphatic carbocycles. The summed E-state index contributed by atoms with van der Waals surface area (Å²) in [6.45, 7) is 8.19. The molecule has 1 aromatic heterocycles. The molecule has 0 aliphatic rings. The van der Waals surface area contributed by atoms with E-state index in [9.17, 15) is 4.79 Å². The van der Waals surface area contributed by atoms with Gasteiger partial charge in [0.2, 0.25) is 0 Å². The quantitative estimate of drug-likeness (QED) is 0.895. The molecular formula is C16H19BrN2O2. The van der Waals surface area contributed by atoms with Gasteiger partial charge in [-0.25, -0.2) is 5.10 Å². The molecule has 1 aromatic carbocycles. The number of aromatic nitrogens is 2. The number of nitrogens with one attached hydrogen (secondary N) is 1. The summed E-state index contributed by atoms with van der Waals surface area (Å²) in [5.41, 5.74) is 2.98. The van der Waals surface area contributed by atoms with E-state index in [-0.39, 0.29) is 11.0 Å². The van der Waals surface area contributed by atoms with Crippen molar-refractivity contribution in [1.29, 1.82) is 0 Å². The topological polar surface area (TPSA) is 55.0 Å². The lowest BCUT2D eigenvalue weighted by Crippen LogP contribution is -2.15. The number of rotatable bonds is 2. The number of hydrogen-bond donors (Lipinski definition) is 1. The number of aromatic amines is 1. The first-order chi connectivity index (χ1) is 9.74. The van der Waals surface area contributed by atoms with Crippen molar-refractivity contribution in [3.63, 3.8) is 0 Å². The molecule has 0 unspecified atom stereocenters. The summed E-state index contributed by atoms with van der Waals surface area (Å²) in [7, 11) is 1.65. The molecule has 5 heteroatoms. The van der Waals surface area contributed by atoms with Gasteiger partial charge in [-0.05, 0) is 52.0 Å². The number of hydrogen-bond acceptors (Lipinski definition) is 3. The van der Waals surface area contributed by atoms with Crippen LogP contribution in [0.1, 0.15) is 32.0 Å². The van der Waals surface area contributed by atoms with Gasteiger partial charge in [0.15, 0.2) is 0 Å². The summed E-state index contributed by atoms with van der Waals surface area (Å²) in [6, 6.07) is 5.70. The lowest BCUT2D eigenvalue weighted by molar-refractivity contribution is 0.395. The van der Waals surface area contributed by atoms with E-state index in [0.29, 0.717) is 5.56 Å². The molecule has 1 N–H and O–H groups in total. The molecule has 0 fully saturated rings. The smallest absolute Gasteiger partial charge is 0.272 e. The summed E-state index contributed by atoms with van der Waals surface area (Å²) in [6.07, 6.45) is 0. The van der Waals surface area contributed by atoms with Gasteiger partial charge in [0, 0.05) is 5.56 Å². The monoisotopic (exact) mass is 350 g/mol. The largest absolute Gasteiger partial charge is 0.495 e. The third-order valence-electron chi connectivity index (χ3n) is 3.30. The van der Waals surface area contributed by atoms with Gasteiger partial charge in [-0.1, -0.05) is 20.8 Å². The standard InChI is InChI=1S/C16H19BrN2O2/c1-9-6-11(15(20)19-18-9)10-7-12(16(2,3)4)14(21-5)13(17)8-10/h6-8H,1-5H3,(H,19,20). The first-order valence-electron chi connectivity index (χ1n) is 6.68. The second-order valence-electron chi connectivity index (χ2n) is 6.04. The maximum Gasteiger partial charge on any atom is 0.272 e. The number of methoxy groups -OCH3 is 1. The Balaban J connectivity index is 2.75. The van der Waals surface area contributed by atoms with Gasteiger partial charge >= 0.3 is 0 Å². The zero-order valence-corrected chi connectivity index (χ0v) is 14.5. The van der Waals surface area contributed by atoms with Crippen molar-refractivity contribution >= 4 is 15.9 Å². The SMILES string of the molecule is COc1c(Br)cc(-c2cc(C)n[nH]c2=O)cc1C(C)(C)C. The van der Waals surface area contributed by atoms with Crippen molar-refractivity contribution in [3.8, 4) is 16.9 Å². The highest BCUT2D eigenvalue weighted by molar-refractivity contribution is 9.10. The summed E-state index contributed by atoms with van der Waals surface area (Å²) in [5, 5.41) is 6.44. The first kappa shape index (κ1) is 15.8. The molecule has 0 bridgehead atoms. The molecule has 112 valence electrons. The average Bonchev–Trinajstić information content (AvgIpc) is 2.39. The zero-order valence-electron chi connectivity index (χ0n) is 12.9. The van der Waals surface area contributed by atoms with Crippen LogP contribution in [0.3, 0.4) is 0 Å². The zero-order chi connectivity index (χ0) is 15.8. The lowest BCUT2D eigenvalue weighted by Gasteiger charge is -2.24. The molecule has 0 atom stereocenters. The number of ether oxygens (including phenoxy) is 1. The molecule has 0 saturated heterocycles. The normalized spacial score (nSPS) is 11.5. The van der Waals surface area contributed by atoms with Crippen molar-refractivity contribution < 1.29 is 4.74 Å². The minimum atomic E-state index is -0.197. The Kier molecular flexibility index (Phi) is 4.23. The molecule has 0 aliphatic heterocycles. The van der Waals surface area contributed by atoms with Gasteiger partial charge in [0.05, 0.1) is 22.8 Å². The molecule has 0 amide bonds. The van der Waals surface area contributed by atoms with Crippen LogP contribution in [0, 0.1) is 6.92 Å². The Morgan fingerprint density at radius 2 is 1.90 bits per heavy atom. The maximum absolute atomic E-state index is 12.0. The number of benzene rings is 1. The average molecular weight is 351 g/mol. The van der Waals surface area contributed by atoms with E-state index in [1.165, 1.54) is 0 Å². The van der Waals surface area contributed by atoms with Crippen LogP contribution in [0.25, 0.3) is 11.1 Å². The van der Waals surface area contributed by atoms with E-state index in [1.807, 2.05) is 19.1 Å². The third kappa shape index (κ3) is 3.18. The van der Waals surface area contributed by atoms with Crippen LogP contribution < -0.4 is 10.3 Å². The summed E-state index contributed by atoms with van der Waals surface area (Å²) >= 11 is 3.54. The van der Waals surface area contributed by atoms with Gasteiger partial charge < -0.3 is 4.74 Å². The van der Waals surface area contributed by atoms with Crippen molar-refractivity contribution in [2.24, 2.45) is 0 Å². The highest BCUT2D eigenvalue weighted by Gasteiger charge is 2.22. The van der Waals surface area contributed by atoms with Crippen molar-refractivity contribution in [2.45, 2.75) is 33.1 Å². The Morgan fingerprint density at radius 1 is 1.24 bits per heavy atom. The number of halogens is 1. The second-order valence-corrected chi connectivity index (χ2v) is 6.90. The lowest BCUT2D eigenvalue weighted by atomic mass is 9.84. The van der Waals surface area contributed by atoms with Crippen LogP contribution in [0.15, 0.2) is 27.5 Å². The summed E-state index contributed by atoms with van der Waals surface area (Å²) in [5.74, 6) is 0.799. The van der Waals surface area contributed by atoms with Crippen LogP contribution in [-0.4, -0.2) is 17.3 Å². The van der Waals surface area contributed by atoms with Crippen LogP contribution in [0.2, 0.25) is 0 Å². The minimum absolute atomic E-state index is 0.0985. The molecule has 0 spiro atoms. The summed E-state index contributed by atoms with van der Waals surface area (Å²) < 4.78 is 6.34. The van der Waals surface area contributed by atoms with Gasteiger partial charge in [-0.2, -0.15) is 5.10 Å². The van der Waals surface area contributed by atoms with Crippen molar-refractivity contribution in [2.75, 3.05) is 7.11 Å². The fraction of sp³-hybridized carbons (Fsp3) is 0.375. The number of H-pyrrole nitrogens is 1. The molecular weight excluding hydrogens is 332 g/mol. The fourth-order valence-corrected chi connectivity index (χ4v) is 2.86. The molecule has 4 nitrogen and oxygen atoms in total. The van der Waals surface area contributed by atoms with Crippen molar-refractivity contribution in [1.82, 2.24) is 10.2 Å². The summed E-state index contributed by atoms with van der Waals surface area (Å²) in [4.78, 5) is 12.0. The minimum Gasteiger partial charge on any atom is -0.495 e. The van der Waals surface area contributed by atoms with E-state index in [2.05, 4.69) is 46.9 Å². The number of aryl methyl sites for hydroxylation is 1. The molecule has 2 rings (SSSR count). The fourth-order valence-electron chi connectivity index (χ4n) is 2.23. The van der Waals surface area contributed by atoms with E-state index >= 15 is 0 Å². The van der Waals surface area contributed by atoms with E-state index < -0.39 is 0 Å². The van der Waals surface area contributed by atoms with Gasteiger partial charge in [-0.15, -0.1) is 0 Å².